The zero-order valence-electron chi connectivity index (χ0n) is 14.0. The van der Waals surface area contributed by atoms with E-state index in [1.165, 1.54) is 0 Å². The number of pyridine rings is 1. The molecular formula is C18H19Cl2FN2O2S. The molecule has 1 aromatic carbocycles. The summed E-state index contributed by atoms with van der Waals surface area (Å²) in [4.78, 5) is 14.6. The average Bonchev–Trinajstić information content (AvgIpc) is 2.66. The van der Waals surface area contributed by atoms with E-state index in [0.29, 0.717) is 5.56 Å². The Hall–Kier alpha value is -1.34. The number of amides is 1. The number of carbonyl (C=O) groups is 1. The third-order valence-corrected chi connectivity index (χ3v) is 4.76. The molecule has 26 heavy (non-hydrogen) atoms. The van der Waals surface area contributed by atoms with Gasteiger partial charge in [0, 0.05) is 17.5 Å². The molecule has 0 fully saturated rings. The molecule has 4 nitrogen and oxygen atoms in total. The number of halogens is 3. The van der Waals surface area contributed by atoms with Crippen LogP contribution in [0.25, 0.3) is 11.1 Å². The summed E-state index contributed by atoms with van der Waals surface area (Å²) in [5.41, 5.74) is 3.35. The molecule has 0 saturated heterocycles. The van der Waals surface area contributed by atoms with E-state index in [2.05, 4.69) is 10.3 Å². The SMILES string of the molecule is CSCc1ccc(-c2ccc([C@H](O)[C@@H](CF)NC(=O)C(Cl)Cl)cc2)cn1. The smallest absolute Gasteiger partial charge is 0.253 e. The van der Waals surface area contributed by atoms with Crippen LogP contribution in [0, 0.1) is 0 Å². The van der Waals surface area contributed by atoms with Gasteiger partial charge in [0.2, 0.25) is 0 Å². The van der Waals surface area contributed by atoms with Crippen LogP contribution in [0.2, 0.25) is 0 Å². The molecule has 0 spiro atoms. The fourth-order valence-electron chi connectivity index (χ4n) is 2.38. The van der Waals surface area contributed by atoms with Crippen molar-refractivity contribution in [3.05, 3.63) is 53.9 Å². The summed E-state index contributed by atoms with van der Waals surface area (Å²) in [5, 5.41) is 12.6. The van der Waals surface area contributed by atoms with Gasteiger partial charge in [-0.3, -0.25) is 9.78 Å². The van der Waals surface area contributed by atoms with E-state index in [1.54, 1.807) is 30.1 Å². The number of thioether (sulfide) groups is 1. The van der Waals surface area contributed by atoms with E-state index in [1.807, 2.05) is 30.5 Å². The number of benzene rings is 1. The lowest BCUT2D eigenvalue weighted by Gasteiger charge is -2.22. The van der Waals surface area contributed by atoms with Gasteiger partial charge in [-0.05, 0) is 23.4 Å². The van der Waals surface area contributed by atoms with E-state index in [9.17, 15) is 14.3 Å². The fraction of sp³-hybridized carbons (Fsp3) is 0.333. The first-order chi connectivity index (χ1) is 12.5. The van der Waals surface area contributed by atoms with Gasteiger partial charge in [0.15, 0.2) is 4.84 Å². The summed E-state index contributed by atoms with van der Waals surface area (Å²) in [6, 6.07) is 9.82. The number of aliphatic hydroxyl groups is 1. The Morgan fingerprint density at radius 2 is 1.88 bits per heavy atom. The minimum atomic E-state index is -1.32. The second kappa shape index (κ2) is 10.1. The average molecular weight is 417 g/mol. The van der Waals surface area contributed by atoms with Gasteiger partial charge < -0.3 is 10.4 Å². The highest BCUT2D eigenvalue weighted by molar-refractivity contribution is 7.97. The lowest BCUT2D eigenvalue weighted by Crippen LogP contribution is -2.43. The highest BCUT2D eigenvalue weighted by Crippen LogP contribution is 2.24. The fourth-order valence-corrected chi connectivity index (χ4v) is 2.97. The molecule has 0 unspecified atom stereocenters. The molecule has 1 amide bonds. The van der Waals surface area contributed by atoms with Crippen LogP contribution in [-0.4, -0.2) is 39.8 Å². The molecule has 2 atom stereocenters. The molecule has 0 radical (unpaired) electrons. The second-order valence-electron chi connectivity index (χ2n) is 5.61. The van der Waals surface area contributed by atoms with Crippen LogP contribution in [0.4, 0.5) is 4.39 Å². The maximum Gasteiger partial charge on any atom is 0.253 e. The summed E-state index contributed by atoms with van der Waals surface area (Å²) < 4.78 is 13.2. The molecule has 2 N–H and O–H groups in total. The van der Waals surface area contributed by atoms with Crippen molar-refractivity contribution in [2.75, 3.05) is 12.9 Å². The Kier molecular flexibility index (Phi) is 8.15. The zero-order chi connectivity index (χ0) is 19.1. The van der Waals surface area contributed by atoms with Crippen molar-refractivity contribution in [3.8, 4) is 11.1 Å². The number of aromatic nitrogens is 1. The molecule has 0 saturated carbocycles. The third-order valence-electron chi connectivity index (χ3n) is 3.78. The first kappa shape index (κ1) is 21.0. The number of rotatable bonds is 8. The van der Waals surface area contributed by atoms with Crippen LogP contribution in [-0.2, 0) is 10.5 Å². The number of hydrogen-bond donors (Lipinski definition) is 2. The summed E-state index contributed by atoms with van der Waals surface area (Å²) in [7, 11) is 0. The minimum absolute atomic E-state index is 0.476. The molecule has 0 aliphatic rings. The van der Waals surface area contributed by atoms with Crippen LogP contribution < -0.4 is 5.32 Å². The Labute approximate surface area is 166 Å². The van der Waals surface area contributed by atoms with Crippen LogP contribution >= 0.6 is 35.0 Å². The summed E-state index contributed by atoms with van der Waals surface area (Å²) >= 11 is 12.6. The van der Waals surface area contributed by atoms with Crippen molar-refractivity contribution in [2.45, 2.75) is 22.7 Å². The van der Waals surface area contributed by atoms with Gasteiger partial charge in [0.1, 0.15) is 12.8 Å². The van der Waals surface area contributed by atoms with Gasteiger partial charge in [-0.25, -0.2) is 4.39 Å². The largest absolute Gasteiger partial charge is 0.386 e. The molecule has 0 aliphatic carbocycles. The van der Waals surface area contributed by atoms with Crippen LogP contribution in [0.3, 0.4) is 0 Å². The Balaban J connectivity index is 2.10. The Bertz CT molecular complexity index is 714. The minimum Gasteiger partial charge on any atom is -0.386 e. The highest BCUT2D eigenvalue weighted by Gasteiger charge is 2.25. The summed E-state index contributed by atoms with van der Waals surface area (Å²) in [6.07, 6.45) is 2.60. The molecule has 1 heterocycles. The van der Waals surface area contributed by atoms with Gasteiger partial charge in [-0.1, -0.05) is 53.5 Å². The number of carbonyl (C=O) groups excluding carboxylic acids is 1. The monoisotopic (exact) mass is 416 g/mol. The lowest BCUT2D eigenvalue weighted by molar-refractivity contribution is -0.121. The Morgan fingerprint density at radius 3 is 2.38 bits per heavy atom. The van der Waals surface area contributed by atoms with E-state index >= 15 is 0 Å². The number of alkyl halides is 3. The second-order valence-corrected chi connectivity index (χ2v) is 7.57. The van der Waals surface area contributed by atoms with Crippen molar-refractivity contribution < 1.29 is 14.3 Å². The first-order valence-electron chi connectivity index (χ1n) is 7.83. The maximum atomic E-state index is 13.2. The van der Waals surface area contributed by atoms with E-state index < -0.39 is 29.6 Å². The van der Waals surface area contributed by atoms with Gasteiger partial charge in [0.25, 0.3) is 5.91 Å². The standard InChI is InChI=1S/C18H19Cl2FN2O2S/c1-26-10-14-7-6-13(9-22-14)11-2-4-12(5-3-11)16(24)15(8-21)23-18(25)17(19)20/h2-7,9,15-17,24H,8,10H2,1H3,(H,23,25)/t15-,16+/m1/s1. The first-order valence-corrected chi connectivity index (χ1v) is 10.1. The summed E-state index contributed by atoms with van der Waals surface area (Å²) in [5.74, 6) is 0.107. The van der Waals surface area contributed by atoms with E-state index in [-0.39, 0.29) is 0 Å². The normalized spacial score (nSPS) is 13.5. The number of hydrogen-bond acceptors (Lipinski definition) is 4. The van der Waals surface area contributed by atoms with Gasteiger partial charge in [-0.2, -0.15) is 11.8 Å². The zero-order valence-corrected chi connectivity index (χ0v) is 16.4. The number of aliphatic hydroxyl groups excluding tert-OH is 1. The van der Waals surface area contributed by atoms with Crippen molar-refractivity contribution in [1.29, 1.82) is 0 Å². The third kappa shape index (κ3) is 5.58. The van der Waals surface area contributed by atoms with Crippen molar-refractivity contribution in [3.63, 3.8) is 0 Å². The van der Waals surface area contributed by atoms with E-state index in [4.69, 9.17) is 23.2 Å². The van der Waals surface area contributed by atoms with Crippen molar-refractivity contribution in [1.82, 2.24) is 10.3 Å². The maximum absolute atomic E-state index is 13.2. The molecule has 0 bridgehead atoms. The summed E-state index contributed by atoms with van der Waals surface area (Å²) in [6.45, 7) is -0.948. The quantitative estimate of drug-likeness (QED) is 0.640. The predicted octanol–water partition coefficient (Wildman–Crippen LogP) is 3.90. The topological polar surface area (TPSA) is 62.2 Å². The number of nitrogens with one attached hydrogen (secondary N) is 1. The molecule has 8 heteroatoms. The van der Waals surface area contributed by atoms with Gasteiger partial charge >= 0.3 is 0 Å². The van der Waals surface area contributed by atoms with Crippen LogP contribution in [0.1, 0.15) is 17.4 Å². The molecule has 1 aromatic heterocycles. The van der Waals surface area contributed by atoms with Crippen molar-refractivity contribution >= 4 is 40.9 Å². The predicted molar refractivity (Wildman–Crippen MR) is 105 cm³/mol. The van der Waals surface area contributed by atoms with E-state index in [0.717, 1.165) is 22.6 Å². The van der Waals surface area contributed by atoms with Crippen LogP contribution in [0.5, 0.6) is 0 Å². The van der Waals surface area contributed by atoms with Gasteiger partial charge in [-0.15, -0.1) is 0 Å². The van der Waals surface area contributed by atoms with Gasteiger partial charge in [0.05, 0.1) is 11.7 Å². The van der Waals surface area contributed by atoms with Crippen LogP contribution in [0.15, 0.2) is 42.6 Å². The highest BCUT2D eigenvalue weighted by atomic mass is 35.5. The molecule has 0 aliphatic heterocycles. The van der Waals surface area contributed by atoms with Crippen molar-refractivity contribution in [2.24, 2.45) is 0 Å². The lowest BCUT2D eigenvalue weighted by atomic mass is 9.99. The molecule has 2 aromatic rings. The molecule has 2 rings (SSSR count). The Morgan fingerprint density at radius 1 is 1.23 bits per heavy atom. The molecular weight excluding hydrogens is 398 g/mol. The number of nitrogens with zero attached hydrogens (tertiary/aromatic N) is 1. The molecule has 140 valence electrons.